The molecule has 0 aromatic heterocycles. The summed E-state index contributed by atoms with van der Waals surface area (Å²) in [5, 5.41) is 0. The molecule has 0 spiro atoms. The van der Waals surface area contributed by atoms with E-state index in [9.17, 15) is 4.79 Å². The number of carbonyl (C=O) groups excluding carboxylic acids is 1. The molecule has 0 saturated heterocycles. The molecule has 2 rings (SSSR count). The molecular weight excluding hydrogens is 214 g/mol. The number of ether oxygens (including phenoxy) is 1. The number of hydrogen-bond donors (Lipinski definition) is 0. The smallest absolute Gasteiger partial charge is 0.235 e. The average Bonchev–Trinajstić information content (AvgIpc) is 2.24. The molecule has 1 aromatic carbocycles. The molecule has 3 nitrogen and oxygen atoms in total. The first-order chi connectivity index (χ1) is 8.13. The van der Waals surface area contributed by atoms with E-state index in [1.807, 2.05) is 26.0 Å². The minimum absolute atomic E-state index is 0.317. The first-order valence-corrected chi connectivity index (χ1v) is 5.88. The van der Waals surface area contributed by atoms with Crippen molar-refractivity contribution >= 4 is 6.08 Å². The van der Waals surface area contributed by atoms with Crippen LogP contribution in [-0.4, -0.2) is 13.2 Å². The van der Waals surface area contributed by atoms with Gasteiger partial charge in [0.05, 0.1) is 12.6 Å². The predicted octanol–water partition coefficient (Wildman–Crippen LogP) is 3.03. The molecule has 0 heterocycles. The molecule has 0 N–H and O–H groups in total. The monoisotopic (exact) mass is 231 g/mol. The highest BCUT2D eigenvalue weighted by Crippen LogP contribution is 2.47. The van der Waals surface area contributed by atoms with Crippen LogP contribution in [0.4, 0.5) is 0 Å². The Hall–Kier alpha value is -1.60. The normalized spacial score (nSPS) is 16.9. The third-order valence-corrected chi connectivity index (χ3v) is 3.65. The Morgan fingerprint density at radius 3 is 2.24 bits per heavy atom. The number of aryl methyl sites for hydroxylation is 2. The number of hydrogen-bond acceptors (Lipinski definition) is 3. The van der Waals surface area contributed by atoms with Crippen molar-refractivity contribution < 1.29 is 9.53 Å². The summed E-state index contributed by atoms with van der Waals surface area (Å²) in [7, 11) is 1.66. The second-order valence-corrected chi connectivity index (χ2v) is 4.72. The van der Waals surface area contributed by atoms with Crippen LogP contribution in [0.1, 0.15) is 36.0 Å². The van der Waals surface area contributed by atoms with Crippen LogP contribution in [0.15, 0.2) is 17.1 Å². The van der Waals surface area contributed by atoms with E-state index in [0.717, 1.165) is 36.1 Å². The van der Waals surface area contributed by atoms with Gasteiger partial charge in [-0.3, -0.25) is 0 Å². The van der Waals surface area contributed by atoms with Gasteiger partial charge in [0.1, 0.15) is 5.75 Å². The van der Waals surface area contributed by atoms with Crippen molar-refractivity contribution in [3.63, 3.8) is 0 Å². The molecule has 1 aliphatic rings. The fourth-order valence-corrected chi connectivity index (χ4v) is 2.79. The molecule has 0 atom stereocenters. The predicted molar refractivity (Wildman–Crippen MR) is 66.1 cm³/mol. The average molecular weight is 231 g/mol. The Kier molecular flexibility index (Phi) is 3.03. The van der Waals surface area contributed by atoms with E-state index in [2.05, 4.69) is 4.99 Å². The lowest BCUT2D eigenvalue weighted by Gasteiger charge is -2.39. The van der Waals surface area contributed by atoms with Crippen LogP contribution in [0, 0.1) is 13.8 Å². The van der Waals surface area contributed by atoms with Crippen LogP contribution < -0.4 is 4.74 Å². The number of rotatable bonds is 3. The van der Waals surface area contributed by atoms with Gasteiger partial charge in [-0.2, -0.15) is 4.99 Å². The van der Waals surface area contributed by atoms with E-state index in [1.165, 1.54) is 5.56 Å². The quantitative estimate of drug-likeness (QED) is 0.592. The third kappa shape index (κ3) is 1.87. The highest BCUT2D eigenvalue weighted by atomic mass is 16.5. The lowest BCUT2D eigenvalue weighted by Crippen LogP contribution is -2.33. The summed E-state index contributed by atoms with van der Waals surface area (Å²) in [6.45, 7) is 4.09. The standard InChI is InChI=1S/C14H17NO2/c1-10-7-12(17-3)8-11(2)13(10)14(15-9-16)5-4-6-14/h7-8H,4-6H2,1-3H3. The number of isocyanates is 1. The minimum Gasteiger partial charge on any atom is -0.497 e. The maximum atomic E-state index is 10.6. The molecule has 0 unspecified atom stereocenters. The number of aliphatic imine (C=N–C) groups is 1. The van der Waals surface area contributed by atoms with Gasteiger partial charge in [-0.1, -0.05) is 0 Å². The summed E-state index contributed by atoms with van der Waals surface area (Å²) >= 11 is 0. The van der Waals surface area contributed by atoms with E-state index in [4.69, 9.17) is 4.74 Å². The van der Waals surface area contributed by atoms with Crippen molar-refractivity contribution in [3.05, 3.63) is 28.8 Å². The van der Waals surface area contributed by atoms with Crippen molar-refractivity contribution in [2.45, 2.75) is 38.6 Å². The van der Waals surface area contributed by atoms with Crippen molar-refractivity contribution in [3.8, 4) is 5.75 Å². The third-order valence-electron chi connectivity index (χ3n) is 3.65. The largest absolute Gasteiger partial charge is 0.497 e. The Labute approximate surface area is 102 Å². The Bertz CT molecular complexity index is 460. The zero-order chi connectivity index (χ0) is 12.5. The van der Waals surface area contributed by atoms with Gasteiger partial charge in [0.15, 0.2) is 0 Å². The molecule has 1 aliphatic carbocycles. The van der Waals surface area contributed by atoms with Crippen molar-refractivity contribution in [2.24, 2.45) is 4.99 Å². The first-order valence-electron chi connectivity index (χ1n) is 5.88. The fraction of sp³-hybridized carbons (Fsp3) is 0.500. The molecule has 0 amide bonds. The maximum absolute atomic E-state index is 10.6. The summed E-state index contributed by atoms with van der Waals surface area (Å²) in [6.07, 6.45) is 4.74. The van der Waals surface area contributed by atoms with Gasteiger partial charge in [-0.25, -0.2) is 4.79 Å². The Morgan fingerprint density at radius 2 is 1.88 bits per heavy atom. The van der Waals surface area contributed by atoms with Gasteiger partial charge in [-0.05, 0) is 61.9 Å². The molecular formula is C14H17NO2. The molecule has 0 bridgehead atoms. The van der Waals surface area contributed by atoms with Gasteiger partial charge >= 0.3 is 0 Å². The minimum atomic E-state index is -0.317. The van der Waals surface area contributed by atoms with Crippen LogP contribution in [0.5, 0.6) is 5.75 Å². The van der Waals surface area contributed by atoms with Crippen LogP contribution in [-0.2, 0) is 10.3 Å². The molecule has 1 fully saturated rings. The van der Waals surface area contributed by atoms with E-state index < -0.39 is 0 Å². The number of benzene rings is 1. The molecule has 1 aromatic rings. The lowest BCUT2D eigenvalue weighted by atomic mass is 9.69. The summed E-state index contributed by atoms with van der Waals surface area (Å²) < 4.78 is 5.25. The molecule has 90 valence electrons. The van der Waals surface area contributed by atoms with Crippen molar-refractivity contribution in [1.82, 2.24) is 0 Å². The second-order valence-electron chi connectivity index (χ2n) is 4.72. The van der Waals surface area contributed by atoms with Gasteiger partial charge in [0, 0.05) is 0 Å². The molecule has 0 aliphatic heterocycles. The van der Waals surface area contributed by atoms with Gasteiger partial charge in [0.2, 0.25) is 6.08 Å². The zero-order valence-electron chi connectivity index (χ0n) is 10.5. The van der Waals surface area contributed by atoms with Gasteiger partial charge < -0.3 is 4.74 Å². The van der Waals surface area contributed by atoms with E-state index in [1.54, 1.807) is 13.2 Å². The lowest BCUT2D eigenvalue weighted by molar-refractivity contribution is 0.253. The molecule has 1 saturated carbocycles. The van der Waals surface area contributed by atoms with Crippen LogP contribution in [0.2, 0.25) is 0 Å². The highest BCUT2D eigenvalue weighted by Gasteiger charge is 2.41. The Balaban J connectivity index is 2.55. The topological polar surface area (TPSA) is 38.7 Å². The van der Waals surface area contributed by atoms with Gasteiger partial charge in [0.25, 0.3) is 0 Å². The van der Waals surface area contributed by atoms with Crippen LogP contribution in [0.25, 0.3) is 0 Å². The van der Waals surface area contributed by atoms with E-state index in [-0.39, 0.29) is 5.54 Å². The van der Waals surface area contributed by atoms with Crippen molar-refractivity contribution in [1.29, 1.82) is 0 Å². The van der Waals surface area contributed by atoms with E-state index in [0.29, 0.717) is 0 Å². The Morgan fingerprint density at radius 1 is 1.29 bits per heavy atom. The number of methoxy groups -OCH3 is 1. The van der Waals surface area contributed by atoms with Crippen molar-refractivity contribution in [2.75, 3.05) is 7.11 Å². The van der Waals surface area contributed by atoms with Gasteiger partial charge in [-0.15, -0.1) is 0 Å². The molecule has 3 heteroatoms. The van der Waals surface area contributed by atoms with Crippen LogP contribution in [0.3, 0.4) is 0 Å². The number of nitrogens with zero attached hydrogens (tertiary/aromatic N) is 1. The molecule has 0 radical (unpaired) electrons. The maximum Gasteiger partial charge on any atom is 0.235 e. The molecule has 17 heavy (non-hydrogen) atoms. The SMILES string of the molecule is COc1cc(C)c(C2(N=C=O)CCC2)c(C)c1. The van der Waals surface area contributed by atoms with E-state index >= 15 is 0 Å². The summed E-state index contributed by atoms with van der Waals surface area (Å²) in [4.78, 5) is 14.7. The fourth-order valence-electron chi connectivity index (χ4n) is 2.79. The zero-order valence-corrected chi connectivity index (χ0v) is 10.5. The summed E-state index contributed by atoms with van der Waals surface area (Å²) in [5.41, 5.74) is 3.14. The highest BCUT2D eigenvalue weighted by molar-refractivity contribution is 5.48. The summed E-state index contributed by atoms with van der Waals surface area (Å²) in [5.74, 6) is 0.855. The van der Waals surface area contributed by atoms with Crippen LogP contribution >= 0.6 is 0 Å². The summed E-state index contributed by atoms with van der Waals surface area (Å²) in [6, 6.07) is 4.01. The second kappa shape index (κ2) is 4.34. The first kappa shape index (κ1) is 11.9.